The summed E-state index contributed by atoms with van der Waals surface area (Å²) in [5.41, 5.74) is 1.03. The quantitative estimate of drug-likeness (QED) is 0.901. The fourth-order valence-corrected chi connectivity index (χ4v) is 3.12. The van der Waals surface area contributed by atoms with Crippen molar-refractivity contribution in [1.29, 1.82) is 0 Å². The summed E-state index contributed by atoms with van der Waals surface area (Å²) in [6, 6.07) is 10.1. The van der Waals surface area contributed by atoms with Gasteiger partial charge in [-0.1, -0.05) is 12.1 Å². The highest BCUT2D eigenvalue weighted by molar-refractivity contribution is 9.10. The van der Waals surface area contributed by atoms with E-state index in [1.807, 2.05) is 24.3 Å². The van der Waals surface area contributed by atoms with E-state index >= 15 is 0 Å². The van der Waals surface area contributed by atoms with Crippen LogP contribution in [0.3, 0.4) is 0 Å². The number of halogens is 1. The summed E-state index contributed by atoms with van der Waals surface area (Å²) in [5.74, 6) is 0.875. The molecular formula is C13H14BrNOS. The first kappa shape index (κ1) is 12.5. The summed E-state index contributed by atoms with van der Waals surface area (Å²) >= 11 is 5.33. The first-order valence-corrected chi connectivity index (χ1v) is 6.93. The molecule has 4 heteroatoms. The normalized spacial score (nSPS) is 10.3. The van der Waals surface area contributed by atoms with Crippen molar-refractivity contribution in [3.05, 3.63) is 44.6 Å². The number of aryl methyl sites for hydroxylation is 1. The van der Waals surface area contributed by atoms with Crippen molar-refractivity contribution in [2.75, 3.05) is 12.4 Å². The summed E-state index contributed by atoms with van der Waals surface area (Å²) in [6.07, 6.45) is 0. The van der Waals surface area contributed by atoms with Gasteiger partial charge in [0.15, 0.2) is 0 Å². The lowest BCUT2D eigenvalue weighted by atomic mass is 10.3. The van der Waals surface area contributed by atoms with Gasteiger partial charge < -0.3 is 10.1 Å². The average Bonchev–Trinajstić information content (AvgIpc) is 2.66. The van der Waals surface area contributed by atoms with Crippen LogP contribution in [0.2, 0.25) is 0 Å². The SMILES string of the molecule is COc1ccccc1NCc1cc(Br)c(C)s1. The van der Waals surface area contributed by atoms with E-state index in [0.717, 1.165) is 18.0 Å². The molecule has 1 aromatic heterocycles. The van der Waals surface area contributed by atoms with E-state index in [1.165, 1.54) is 14.2 Å². The molecule has 1 heterocycles. The van der Waals surface area contributed by atoms with Crippen molar-refractivity contribution >= 4 is 33.0 Å². The van der Waals surface area contributed by atoms with Gasteiger partial charge in [0.05, 0.1) is 12.8 Å². The van der Waals surface area contributed by atoms with Gasteiger partial charge in [-0.3, -0.25) is 0 Å². The van der Waals surface area contributed by atoms with Crippen molar-refractivity contribution in [3.63, 3.8) is 0 Å². The molecule has 0 spiro atoms. The van der Waals surface area contributed by atoms with E-state index in [4.69, 9.17) is 4.74 Å². The minimum atomic E-state index is 0.817. The number of hydrogen-bond donors (Lipinski definition) is 1. The average molecular weight is 312 g/mol. The van der Waals surface area contributed by atoms with Gasteiger partial charge in [-0.05, 0) is 41.1 Å². The molecule has 2 aromatic rings. The van der Waals surface area contributed by atoms with Gasteiger partial charge in [0, 0.05) is 20.8 Å². The molecule has 0 atom stereocenters. The van der Waals surface area contributed by atoms with Gasteiger partial charge in [-0.2, -0.15) is 0 Å². The zero-order chi connectivity index (χ0) is 12.3. The molecule has 0 bridgehead atoms. The minimum absolute atomic E-state index is 0.817. The Morgan fingerprint density at radius 1 is 1.35 bits per heavy atom. The van der Waals surface area contributed by atoms with Crippen LogP contribution in [-0.4, -0.2) is 7.11 Å². The third-order valence-electron chi connectivity index (χ3n) is 2.47. The fourth-order valence-electron chi connectivity index (χ4n) is 1.58. The highest BCUT2D eigenvalue weighted by atomic mass is 79.9. The Hall–Kier alpha value is -1.000. The maximum atomic E-state index is 5.29. The number of para-hydroxylation sites is 2. The number of nitrogens with one attached hydrogen (secondary N) is 1. The monoisotopic (exact) mass is 311 g/mol. The molecule has 17 heavy (non-hydrogen) atoms. The van der Waals surface area contributed by atoms with Crippen molar-refractivity contribution in [2.45, 2.75) is 13.5 Å². The third kappa shape index (κ3) is 3.01. The number of benzene rings is 1. The van der Waals surface area contributed by atoms with Crippen LogP contribution in [0, 0.1) is 6.92 Å². The van der Waals surface area contributed by atoms with Crippen LogP contribution in [0.15, 0.2) is 34.8 Å². The molecule has 90 valence electrons. The largest absolute Gasteiger partial charge is 0.495 e. The summed E-state index contributed by atoms with van der Waals surface area (Å²) in [4.78, 5) is 2.61. The summed E-state index contributed by atoms with van der Waals surface area (Å²) < 4.78 is 6.47. The fraction of sp³-hybridized carbons (Fsp3) is 0.231. The molecule has 0 aliphatic heterocycles. The molecule has 0 aliphatic carbocycles. The molecule has 0 saturated heterocycles. The van der Waals surface area contributed by atoms with E-state index in [9.17, 15) is 0 Å². The zero-order valence-electron chi connectivity index (χ0n) is 9.79. The van der Waals surface area contributed by atoms with Crippen LogP contribution >= 0.6 is 27.3 Å². The van der Waals surface area contributed by atoms with E-state index < -0.39 is 0 Å². The lowest BCUT2D eigenvalue weighted by molar-refractivity contribution is 0.416. The maximum absolute atomic E-state index is 5.29. The molecule has 0 radical (unpaired) electrons. The summed E-state index contributed by atoms with van der Waals surface area (Å²) in [7, 11) is 1.69. The van der Waals surface area contributed by atoms with Gasteiger partial charge in [0.2, 0.25) is 0 Å². The standard InChI is InChI=1S/C13H14BrNOS/c1-9-11(14)7-10(17-9)8-15-12-5-3-4-6-13(12)16-2/h3-7,15H,8H2,1-2H3. The van der Waals surface area contributed by atoms with Crippen LogP contribution in [0.5, 0.6) is 5.75 Å². The molecule has 2 nitrogen and oxygen atoms in total. The molecule has 1 N–H and O–H groups in total. The number of methoxy groups -OCH3 is 1. The molecule has 0 fully saturated rings. The van der Waals surface area contributed by atoms with Gasteiger partial charge in [-0.15, -0.1) is 11.3 Å². The first-order valence-electron chi connectivity index (χ1n) is 5.32. The second kappa shape index (κ2) is 5.56. The van der Waals surface area contributed by atoms with Gasteiger partial charge in [0.1, 0.15) is 5.75 Å². The Morgan fingerprint density at radius 2 is 2.12 bits per heavy atom. The molecule has 0 saturated carbocycles. The van der Waals surface area contributed by atoms with Crippen LogP contribution < -0.4 is 10.1 Å². The predicted octanol–water partition coefficient (Wildman–Crippen LogP) is 4.44. The smallest absolute Gasteiger partial charge is 0.141 e. The van der Waals surface area contributed by atoms with E-state index in [2.05, 4.69) is 34.2 Å². The highest BCUT2D eigenvalue weighted by Crippen LogP contribution is 2.28. The van der Waals surface area contributed by atoms with Crippen LogP contribution in [0.4, 0.5) is 5.69 Å². The topological polar surface area (TPSA) is 21.3 Å². The number of rotatable bonds is 4. The lowest BCUT2D eigenvalue weighted by Gasteiger charge is -2.09. The van der Waals surface area contributed by atoms with Crippen LogP contribution in [-0.2, 0) is 6.54 Å². The van der Waals surface area contributed by atoms with E-state index in [0.29, 0.717) is 0 Å². The first-order chi connectivity index (χ1) is 8.20. The van der Waals surface area contributed by atoms with Gasteiger partial charge >= 0.3 is 0 Å². The summed E-state index contributed by atoms with van der Waals surface area (Å²) in [6.45, 7) is 2.93. The second-order valence-corrected chi connectivity index (χ2v) is 5.87. The Balaban J connectivity index is 2.07. The Labute approximate surface area is 114 Å². The zero-order valence-corrected chi connectivity index (χ0v) is 12.2. The third-order valence-corrected chi connectivity index (χ3v) is 4.60. The predicted molar refractivity (Wildman–Crippen MR) is 77.1 cm³/mol. The molecule has 1 aromatic carbocycles. The van der Waals surface area contributed by atoms with Crippen molar-refractivity contribution < 1.29 is 4.74 Å². The number of hydrogen-bond acceptors (Lipinski definition) is 3. The van der Waals surface area contributed by atoms with Crippen LogP contribution in [0.25, 0.3) is 0 Å². The molecule has 2 rings (SSSR count). The minimum Gasteiger partial charge on any atom is -0.495 e. The molecule has 0 aliphatic rings. The summed E-state index contributed by atoms with van der Waals surface area (Å²) in [5, 5.41) is 3.39. The Morgan fingerprint density at radius 3 is 2.76 bits per heavy atom. The Bertz CT molecular complexity index is 490. The van der Waals surface area contributed by atoms with E-state index in [1.54, 1.807) is 18.4 Å². The van der Waals surface area contributed by atoms with Crippen molar-refractivity contribution in [3.8, 4) is 5.75 Å². The highest BCUT2D eigenvalue weighted by Gasteiger charge is 2.04. The second-order valence-electron chi connectivity index (χ2n) is 3.67. The number of anilines is 1. The number of ether oxygens (including phenoxy) is 1. The number of thiophene rings is 1. The molecule has 0 unspecified atom stereocenters. The molecule has 0 amide bonds. The van der Waals surface area contributed by atoms with Crippen molar-refractivity contribution in [1.82, 2.24) is 0 Å². The van der Waals surface area contributed by atoms with Crippen molar-refractivity contribution in [2.24, 2.45) is 0 Å². The van der Waals surface area contributed by atoms with E-state index in [-0.39, 0.29) is 0 Å². The lowest BCUT2D eigenvalue weighted by Crippen LogP contribution is -1.99. The van der Waals surface area contributed by atoms with Gasteiger partial charge in [0.25, 0.3) is 0 Å². The van der Waals surface area contributed by atoms with Crippen LogP contribution in [0.1, 0.15) is 9.75 Å². The Kier molecular flexibility index (Phi) is 4.07. The van der Waals surface area contributed by atoms with Gasteiger partial charge in [-0.25, -0.2) is 0 Å². The maximum Gasteiger partial charge on any atom is 0.141 e. The molecular weight excluding hydrogens is 298 g/mol.